The van der Waals surface area contributed by atoms with Gasteiger partial charge in [0.05, 0.1) is 19.6 Å². The Bertz CT molecular complexity index is 1290. The number of carbonyl (C=O) groups is 3. The molecule has 10 heteroatoms. The summed E-state index contributed by atoms with van der Waals surface area (Å²) in [6.07, 6.45) is 15.7. The van der Waals surface area contributed by atoms with Gasteiger partial charge >= 0.3 is 5.97 Å². The molecule has 0 spiro atoms. The summed E-state index contributed by atoms with van der Waals surface area (Å²) in [7, 11) is 2.97. The summed E-state index contributed by atoms with van der Waals surface area (Å²) >= 11 is 0. The Morgan fingerprint density at radius 3 is 2.49 bits per heavy atom. The first-order chi connectivity index (χ1) is 18.7. The van der Waals surface area contributed by atoms with Crippen LogP contribution in [0.3, 0.4) is 0 Å². The number of nitrogens with one attached hydrogen (secondary N) is 2. The maximum Gasteiger partial charge on any atom is 0.330 e. The van der Waals surface area contributed by atoms with Crippen LogP contribution in [0, 0.1) is 23.2 Å². The number of pyridine rings is 1. The van der Waals surface area contributed by atoms with Gasteiger partial charge < -0.3 is 24.5 Å². The highest BCUT2D eigenvalue weighted by Crippen LogP contribution is 2.60. The van der Waals surface area contributed by atoms with Gasteiger partial charge in [-0.05, 0) is 86.7 Å². The van der Waals surface area contributed by atoms with Crippen LogP contribution in [-0.2, 0) is 27.9 Å². The Balaban J connectivity index is 1.30. The van der Waals surface area contributed by atoms with Gasteiger partial charge in [-0.25, -0.2) is 9.78 Å². The summed E-state index contributed by atoms with van der Waals surface area (Å²) in [5.41, 5.74) is 0.434. The molecule has 0 saturated heterocycles. The summed E-state index contributed by atoms with van der Waals surface area (Å²) < 4.78 is 7.91. The molecule has 2 amide bonds. The lowest BCUT2D eigenvalue weighted by Gasteiger charge is -2.57. The first-order valence-corrected chi connectivity index (χ1v) is 13.8. The highest BCUT2D eigenvalue weighted by molar-refractivity contribution is 6.00. The molecule has 0 aliphatic heterocycles. The van der Waals surface area contributed by atoms with E-state index in [1.807, 2.05) is 6.20 Å². The topological polar surface area (TPSA) is 124 Å². The van der Waals surface area contributed by atoms with Crippen LogP contribution >= 0.6 is 0 Å². The molecule has 4 aliphatic carbocycles. The SMILES string of the molecule is COC(=O)/C=C/CC[C@H](NC(=O)c1cncn1C)C(=O)Nc1cccn(CC23CC4CC(CC(C4)C2)C3)c1=O. The van der Waals surface area contributed by atoms with Crippen molar-refractivity contribution in [2.45, 2.75) is 64.0 Å². The number of hydrogen-bond acceptors (Lipinski definition) is 6. The number of imidazole rings is 1. The van der Waals surface area contributed by atoms with Crippen molar-refractivity contribution in [3.8, 4) is 0 Å². The molecule has 0 radical (unpaired) electrons. The number of hydrogen-bond donors (Lipinski definition) is 2. The Labute approximate surface area is 227 Å². The zero-order chi connectivity index (χ0) is 27.6. The van der Waals surface area contributed by atoms with Crippen molar-refractivity contribution in [3.63, 3.8) is 0 Å². The Morgan fingerprint density at radius 2 is 1.87 bits per heavy atom. The maximum absolute atomic E-state index is 13.5. The monoisotopic (exact) mass is 535 g/mol. The summed E-state index contributed by atoms with van der Waals surface area (Å²) in [5.74, 6) is 0.894. The molecular formula is C29H37N5O5. The van der Waals surface area contributed by atoms with Crippen LogP contribution in [0.1, 0.15) is 61.9 Å². The molecule has 4 saturated carbocycles. The van der Waals surface area contributed by atoms with E-state index in [1.165, 1.54) is 64.2 Å². The second kappa shape index (κ2) is 11.2. The Kier molecular flexibility index (Phi) is 7.72. The zero-order valence-electron chi connectivity index (χ0n) is 22.6. The van der Waals surface area contributed by atoms with E-state index in [0.29, 0.717) is 18.7 Å². The number of carbonyl (C=O) groups excluding carboxylic acids is 3. The third-order valence-corrected chi connectivity index (χ3v) is 8.70. The molecule has 1 atom stereocenters. The van der Waals surface area contributed by atoms with Gasteiger partial charge in [0.1, 0.15) is 17.4 Å². The lowest BCUT2D eigenvalue weighted by molar-refractivity contribution is -0.134. The second-order valence-electron chi connectivity index (χ2n) is 11.7. The summed E-state index contributed by atoms with van der Waals surface area (Å²) in [4.78, 5) is 55.0. The van der Waals surface area contributed by atoms with E-state index in [0.717, 1.165) is 17.8 Å². The van der Waals surface area contributed by atoms with Crippen LogP contribution in [-0.4, -0.2) is 45.1 Å². The maximum atomic E-state index is 13.5. The largest absolute Gasteiger partial charge is 0.466 e. The third kappa shape index (κ3) is 5.99. The fraction of sp³-hybridized carbons (Fsp3) is 0.552. The number of ether oxygens (including phenoxy) is 1. The van der Waals surface area contributed by atoms with Crippen LogP contribution in [0.4, 0.5) is 5.69 Å². The van der Waals surface area contributed by atoms with E-state index in [4.69, 9.17) is 0 Å². The zero-order valence-corrected chi connectivity index (χ0v) is 22.6. The van der Waals surface area contributed by atoms with Crippen molar-refractivity contribution < 1.29 is 19.1 Å². The van der Waals surface area contributed by atoms with Gasteiger partial charge in [0.2, 0.25) is 5.91 Å². The molecule has 0 unspecified atom stereocenters. The molecule has 4 aliphatic rings. The van der Waals surface area contributed by atoms with Gasteiger partial charge in [-0.15, -0.1) is 0 Å². The fourth-order valence-corrected chi connectivity index (χ4v) is 7.41. The minimum Gasteiger partial charge on any atom is -0.466 e. The van der Waals surface area contributed by atoms with Crippen LogP contribution in [0.5, 0.6) is 0 Å². The van der Waals surface area contributed by atoms with E-state index in [2.05, 4.69) is 20.4 Å². The van der Waals surface area contributed by atoms with E-state index in [1.54, 1.807) is 34.4 Å². The van der Waals surface area contributed by atoms with E-state index >= 15 is 0 Å². The minimum atomic E-state index is -0.939. The summed E-state index contributed by atoms with van der Waals surface area (Å²) in [5, 5.41) is 5.51. The fourth-order valence-electron chi connectivity index (χ4n) is 7.41. The van der Waals surface area contributed by atoms with Crippen LogP contribution in [0.25, 0.3) is 0 Å². The van der Waals surface area contributed by atoms with E-state index in [-0.39, 0.29) is 23.1 Å². The van der Waals surface area contributed by atoms with Gasteiger partial charge in [-0.1, -0.05) is 6.08 Å². The molecule has 2 aromatic heterocycles. The first kappa shape index (κ1) is 26.9. The average molecular weight is 536 g/mol. The normalized spacial score (nSPS) is 25.9. The van der Waals surface area contributed by atoms with Crippen molar-refractivity contribution in [3.05, 3.63) is 59.1 Å². The van der Waals surface area contributed by atoms with Gasteiger partial charge in [0.25, 0.3) is 11.5 Å². The molecule has 4 fully saturated rings. The van der Waals surface area contributed by atoms with Crippen molar-refractivity contribution in [1.29, 1.82) is 0 Å². The van der Waals surface area contributed by atoms with Crippen molar-refractivity contribution in [1.82, 2.24) is 19.4 Å². The van der Waals surface area contributed by atoms with Gasteiger partial charge in [-0.2, -0.15) is 0 Å². The standard InChI is InChI=1S/C29H37N5O5/c1-33-18-30-16-24(33)27(37)31-22(6-3-4-8-25(35)39-2)26(36)32-23-7-5-9-34(28(23)38)17-29-13-19-10-20(14-29)12-21(11-19)15-29/h4-5,7-9,16,18-22H,3,6,10-15,17H2,1-2H3,(H,31,37)(H,32,36)/b8-4+/t19?,20?,21?,22-,29?/m0/s1. The Hall–Kier alpha value is -3.69. The molecule has 208 valence electrons. The summed E-state index contributed by atoms with van der Waals surface area (Å²) in [6.45, 7) is 0.679. The van der Waals surface area contributed by atoms with E-state index in [9.17, 15) is 19.2 Å². The van der Waals surface area contributed by atoms with Gasteiger partial charge in [0, 0.05) is 25.9 Å². The summed E-state index contributed by atoms with van der Waals surface area (Å²) in [6, 6.07) is 2.46. The molecule has 39 heavy (non-hydrogen) atoms. The van der Waals surface area contributed by atoms with E-state index < -0.39 is 23.8 Å². The quantitative estimate of drug-likeness (QED) is 0.356. The first-order valence-electron chi connectivity index (χ1n) is 13.8. The number of nitrogens with zero attached hydrogens (tertiary/aromatic N) is 3. The molecule has 0 aromatic carbocycles. The number of esters is 1. The van der Waals surface area contributed by atoms with Crippen molar-refractivity contribution in [2.75, 3.05) is 12.4 Å². The molecule has 2 aromatic rings. The predicted molar refractivity (Wildman–Crippen MR) is 145 cm³/mol. The number of allylic oxidation sites excluding steroid dienone is 1. The number of rotatable bonds is 10. The number of amides is 2. The molecule has 2 heterocycles. The molecule has 6 rings (SSSR count). The lowest BCUT2D eigenvalue weighted by atomic mass is 9.49. The van der Waals surface area contributed by atoms with Crippen molar-refractivity contribution >= 4 is 23.5 Å². The molecule has 4 bridgehead atoms. The van der Waals surface area contributed by atoms with Gasteiger partial charge in [-0.3, -0.25) is 14.4 Å². The predicted octanol–water partition coefficient (Wildman–Crippen LogP) is 3.04. The van der Waals surface area contributed by atoms with Crippen molar-refractivity contribution in [2.24, 2.45) is 30.2 Å². The van der Waals surface area contributed by atoms with Crippen LogP contribution < -0.4 is 16.2 Å². The second-order valence-corrected chi connectivity index (χ2v) is 11.7. The highest BCUT2D eigenvalue weighted by Gasteiger charge is 2.51. The van der Waals surface area contributed by atoms with Crippen LogP contribution in [0.15, 0.2) is 47.8 Å². The number of methoxy groups -OCH3 is 1. The lowest BCUT2D eigenvalue weighted by Crippen LogP contribution is -2.49. The van der Waals surface area contributed by atoms with Crippen LogP contribution in [0.2, 0.25) is 0 Å². The molecule has 2 N–H and O–H groups in total. The molecule has 10 nitrogen and oxygen atoms in total. The number of aromatic nitrogens is 3. The van der Waals surface area contributed by atoms with Gasteiger partial charge in [0.15, 0.2) is 0 Å². The average Bonchev–Trinajstić information content (AvgIpc) is 3.32. The molecular weight excluding hydrogens is 498 g/mol. The highest BCUT2D eigenvalue weighted by atomic mass is 16.5. The number of anilines is 1. The third-order valence-electron chi connectivity index (χ3n) is 8.70. The Morgan fingerprint density at radius 1 is 1.18 bits per heavy atom. The number of aryl methyl sites for hydroxylation is 1. The minimum absolute atomic E-state index is 0.173. The smallest absolute Gasteiger partial charge is 0.330 e.